The van der Waals surface area contributed by atoms with Gasteiger partial charge in [-0.2, -0.15) is 0 Å². The second-order valence-corrected chi connectivity index (χ2v) is 5.07. The highest BCUT2D eigenvalue weighted by atomic mass is 16.3. The summed E-state index contributed by atoms with van der Waals surface area (Å²) < 4.78 is 0. The average molecular weight is 286 g/mol. The molecular weight excluding hydrogens is 264 g/mol. The maximum absolute atomic E-state index is 9.60. The maximum Gasteiger partial charge on any atom is 0.135 e. The number of aromatic nitrogens is 2. The molecule has 2 rings (SSSR count). The molecule has 1 unspecified atom stereocenters. The smallest absolute Gasteiger partial charge is 0.135 e. The maximum atomic E-state index is 9.60. The molecule has 5 heteroatoms. The number of nitrogen functional groups attached to an aromatic ring is 1. The number of aryl methyl sites for hydroxylation is 1. The predicted molar refractivity (Wildman–Crippen MR) is 85.2 cm³/mol. The lowest BCUT2D eigenvalue weighted by atomic mass is 10.1. The molecule has 0 saturated heterocycles. The highest BCUT2D eigenvalue weighted by Gasteiger charge is 2.13. The van der Waals surface area contributed by atoms with Crippen molar-refractivity contribution in [2.75, 3.05) is 17.7 Å². The molecule has 1 aromatic heterocycles. The van der Waals surface area contributed by atoms with Gasteiger partial charge >= 0.3 is 0 Å². The lowest BCUT2D eigenvalue weighted by Crippen LogP contribution is -2.28. The van der Waals surface area contributed by atoms with Crippen LogP contribution in [0.5, 0.6) is 0 Å². The molecule has 5 nitrogen and oxygen atoms in total. The topological polar surface area (TPSA) is 84.1 Å². The molecule has 21 heavy (non-hydrogen) atoms. The van der Waals surface area contributed by atoms with E-state index in [1.165, 1.54) is 5.56 Å². The highest BCUT2D eigenvalue weighted by Crippen LogP contribution is 2.19. The van der Waals surface area contributed by atoms with Crippen LogP contribution in [0.25, 0.3) is 0 Å². The summed E-state index contributed by atoms with van der Waals surface area (Å²) in [6.45, 7) is 3.90. The Labute approximate surface area is 125 Å². The van der Waals surface area contributed by atoms with Crippen molar-refractivity contribution >= 4 is 11.6 Å². The second-order valence-electron chi connectivity index (χ2n) is 5.07. The van der Waals surface area contributed by atoms with Crippen molar-refractivity contribution in [3.63, 3.8) is 0 Å². The average Bonchev–Trinajstić information content (AvgIpc) is 2.51. The molecule has 0 amide bonds. The molecule has 0 spiro atoms. The first-order chi connectivity index (χ1) is 10.1. The number of hydrogen-bond donors (Lipinski definition) is 3. The first-order valence-corrected chi connectivity index (χ1v) is 7.18. The second kappa shape index (κ2) is 7.04. The number of nitrogens with zero attached hydrogens (tertiary/aromatic N) is 2. The van der Waals surface area contributed by atoms with E-state index in [1.54, 1.807) is 0 Å². The van der Waals surface area contributed by atoms with Crippen LogP contribution in [0.3, 0.4) is 0 Å². The van der Waals surface area contributed by atoms with Crippen LogP contribution in [0.15, 0.2) is 30.3 Å². The van der Waals surface area contributed by atoms with E-state index in [-0.39, 0.29) is 12.6 Å². The summed E-state index contributed by atoms with van der Waals surface area (Å²) >= 11 is 0. The van der Waals surface area contributed by atoms with Crippen molar-refractivity contribution in [2.45, 2.75) is 32.7 Å². The van der Waals surface area contributed by atoms with Crippen molar-refractivity contribution in [1.29, 1.82) is 0 Å². The van der Waals surface area contributed by atoms with Crippen LogP contribution in [-0.4, -0.2) is 27.7 Å². The van der Waals surface area contributed by atoms with Gasteiger partial charge in [0.2, 0.25) is 0 Å². The summed E-state index contributed by atoms with van der Waals surface area (Å²) in [5.74, 6) is 1.90. The summed E-state index contributed by atoms with van der Waals surface area (Å²) in [5.41, 5.74) is 7.90. The number of nitrogens with one attached hydrogen (secondary N) is 1. The molecule has 0 saturated carbocycles. The molecule has 1 aromatic carbocycles. The van der Waals surface area contributed by atoms with Gasteiger partial charge in [0.1, 0.15) is 17.5 Å². The largest absolute Gasteiger partial charge is 0.394 e. The predicted octanol–water partition coefficient (Wildman–Crippen LogP) is 1.95. The van der Waals surface area contributed by atoms with Gasteiger partial charge in [0.15, 0.2) is 0 Å². The van der Waals surface area contributed by atoms with E-state index in [2.05, 4.69) is 15.3 Å². The van der Waals surface area contributed by atoms with E-state index < -0.39 is 0 Å². The first kappa shape index (κ1) is 15.3. The van der Waals surface area contributed by atoms with Crippen molar-refractivity contribution in [3.05, 3.63) is 47.3 Å². The Bertz CT molecular complexity index is 586. The molecule has 112 valence electrons. The number of rotatable bonds is 6. The SMILES string of the molecule is CCc1nc(N)c(C)c(NC(CO)Cc2ccccc2)n1. The van der Waals surface area contributed by atoms with Crippen molar-refractivity contribution in [1.82, 2.24) is 9.97 Å². The molecule has 0 fully saturated rings. The number of nitrogens with two attached hydrogens (primary N) is 1. The number of benzene rings is 1. The number of anilines is 2. The monoisotopic (exact) mass is 286 g/mol. The normalized spacial score (nSPS) is 12.1. The lowest BCUT2D eigenvalue weighted by Gasteiger charge is -2.19. The third kappa shape index (κ3) is 3.92. The van der Waals surface area contributed by atoms with Gasteiger partial charge in [-0.15, -0.1) is 0 Å². The molecule has 0 radical (unpaired) electrons. The summed E-state index contributed by atoms with van der Waals surface area (Å²) in [7, 11) is 0. The van der Waals surface area contributed by atoms with Gasteiger partial charge in [0, 0.05) is 12.0 Å². The minimum Gasteiger partial charge on any atom is -0.394 e. The molecule has 2 aromatic rings. The van der Waals surface area contributed by atoms with E-state index in [1.807, 2.05) is 44.2 Å². The highest BCUT2D eigenvalue weighted by molar-refractivity contribution is 5.55. The Morgan fingerprint density at radius 1 is 1.24 bits per heavy atom. The zero-order valence-corrected chi connectivity index (χ0v) is 12.5. The molecule has 4 N–H and O–H groups in total. The Morgan fingerprint density at radius 2 is 1.95 bits per heavy atom. The van der Waals surface area contributed by atoms with Crippen LogP contribution < -0.4 is 11.1 Å². The Kier molecular flexibility index (Phi) is 5.11. The van der Waals surface area contributed by atoms with Crippen molar-refractivity contribution < 1.29 is 5.11 Å². The van der Waals surface area contributed by atoms with Crippen LogP contribution >= 0.6 is 0 Å². The van der Waals surface area contributed by atoms with Crippen LogP contribution in [0.1, 0.15) is 23.9 Å². The Hall–Kier alpha value is -2.14. The minimum absolute atomic E-state index is 0.0275. The summed E-state index contributed by atoms with van der Waals surface area (Å²) in [4.78, 5) is 8.70. The lowest BCUT2D eigenvalue weighted by molar-refractivity contribution is 0.273. The van der Waals surface area contributed by atoms with Crippen LogP contribution in [0, 0.1) is 6.92 Å². The van der Waals surface area contributed by atoms with E-state index in [0.29, 0.717) is 17.5 Å². The molecule has 1 heterocycles. The van der Waals surface area contributed by atoms with Crippen LogP contribution in [0.2, 0.25) is 0 Å². The molecule has 0 aliphatic carbocycles. The van der Waals surface area contributed by atoms with E-state index in [9.17, 15) is 5.11 Å². The fourth-order valence-electron chi connectivity index (χ4n) is 2.13. The molecule has 0 aliphatic heterocycles. The van der Waals surface area contributed by atoms with Gasteiger partial charge < -0.3 is 16.2 Å². The third-order valence-corrected chi connectivity index (χ3v) is 3.43. The molecule has 1 atom stereocenters. The summed E-state index contributed by atoms with van der Waals surface area (Å²) in [6, 6.07) is 9.95. The summed E-state index contributed by atoms with van der Waals surface area (Å²) in [6.07, 6.45) is 1.45. The molecule has 0 aliphatic rings. The van der Waals surface area contributed by atoms with E-state index >= 15 is 0 Å². The fourth-order valence-corrected chi connectivity index (χ4v) is 2.13. The van der Waals surface area contributed by atoms with E-state index in [0.717, 1.165) is 18.4 Å². The van der Waals surface area contributed by atoms with Crippen LogP contribution in [0.4, 0.5) is 11.6 Å². The van der Waals surface area contributed by atoms with Crippen molar-refractivity contribution in [2.24, 2.45) is 0 Å². The zero-order chi connectivity index (χ0) is 15.2. The minimum atomic E-state index is -0.106. The Balaban J connectivity index is 2.16. The van der Waals surface area contributed by atoms with Gasteiger partial charge in [-0.25, -0.2) is 9.97 Å². The first-order valence-electron chi connectivity index (χ1n) is 7.18. The standard InChI is InChI=1S/C16H22N4O/c1-3-14-19-15(17)11(2)16(20-14)18-13(10-21)9-12-7-5-4-6-8-12/h4-8,13,21H,3,9-10H2,1-2H3,(H3,17,18,19,20). The van der Waals surface area contributed by atoms with Gasteiger partial charge in [-0.1, -0.05) is 37.3 Å². The number of aliphatic hydroxyl groups excluding tert-OH is 1. The van der Waals surface area contributed by atoms with Gasteiger partial charge in [-0.05, 0) is 18.9 Å². The van der Waals surface area contributed by atoms with Gasteiger partial charge in [0.25, 0.3) is 0 Å². The number of aliphatic hydroxyl groups is 1. The number of hydrogen-bond acceptors (Lipinski definition) is 5. The quantitative estimate of drug-likeness (QED) is 0.756. The van der Waals surface area contributed by atoms with Gasteiger partial charge in [0.05, 0.1) is 12.6 Å². The zero-order valence-electron chi connectivity index (χ0n) is 12.5. The Morgan fingerprint density at radius 3 is 2.57 bits per heavy atom. The summed E-state index contributed by atoms with van der Waals surface area (Å²) in [5, 5.41) is 12.9. The van der Waals surface area contributed by atoms with Crippen LogP contribution in [-0.2, 0) is 12.8 Å². The molecule has 0 bridgehead atoms. The van der Waals surface area contributed by atoms with Gasteiger partial charge in [-0.3, -0.25) is 0 Å². The third-order valence-electron chi connectivity index (χ3n) is 3.43. The van der Waals surface area contributed by atoms with Crippen molar-refractivity contribution in [3.8, 4) is 0 Å². The van der Waals surface area contributed by atoms with E-state index in [4.69, 9.17) is 5.73 Å². The molecular formula is C16H22N4O. The fraction of sp³-hybridized carbons (Fsp3) is 0.375.